The van der Waals surface area contributed by atoms with Gasteiger partial charge in [0.1, 0.15) is 6.33 Å². The van der Waals surface area contributed by atoms with E-state index in [1.165, 1.54) is 23.0 Å². The Morgan fingerprint density at radius 3 is 2.93 bits per heavy atom. The number of rotatable bonds is 2. The van der Waals surface area contributed by atoms with Crippen molar-refractivity contribution in [1.29, 1.82) is 0 Å². The second-order valence-corrected chi connectivity index (χ2v) is 7.38. The molecule has 27 heavy (non-hydrogen) atoms. The minimum atomic E-state index is 0.0138. The molecular weight excluding hydrogens is 408 g/mol. The fraction of sp³-hybridized carbons (Fsp3) is 0.158. The number of fused-ring (bicyclic) bond motifs is 3. The Morgan fingerprint density at radius 2 is 2.07 bits per heavy atom. The number of hydrogen-bond acceptors (Lipinski definition) is 4. The Hall–Kier alpha value is -3.00. The van der Waals surface area contributed by atoms with E-state index in [0.717, 1.165) is 22.1 Å². The SMILES string of the molecule is O=C(c1cccc(-n2cnnn2)c1)N1CCc2[nH]c3c(Br)cccc3c2C1. The number of amides is 1. The number of nitrogens with one attached hydrogen (secondary N) is 1. The molecule has 0 atom stereocenters. The van der Waals surface area contributed by atoms with Crippen LogP contribution in [0.25, 0.3) is 16.6 Å². The summed E-state index contributed by atoms with van der Waals surface area (Å²) >= 11 is 3.60. The molecule has 0 radical (unpaired) electrons. The number of carbonyl (C=O) groups excluding carboxylic acids is 1. The molecule has 1 aliphatic rings. The maximum Gasteiger partial charge on any atom is 0.254 e. The first-order chi connectivity index (χ1) is 13.2. The zero-order chi connectivity index (χ0) is 18.4. The van der Waals surface area contributed by atoms with Crippen molar-refractivity contribution >= 4 is 32.7 Å². The van der Waals surface area contributed by atoms with Crippen LogP contribution in [0.1, 0.15) is 21.6 Å². The Labute approximate surface area is 163 Å². The molecule has 0 saturated carbocycles. The number of para-hydroxylation sites is 1. The molecule has 2 aromatic heterocycles. The lowest BCUT2D eigenvalue weighted by Gasteiger charge is -2.27. The number of aromatic nitrogens is 5. The molecule has 5 rings (SSSR count). The van der Waals surface area contributed by atoms with Crippen LogP contribution in [0.3, 0.4) is 0 Å². The predicted octanol–water partition coefficient (Wildman–Crippen LogP) is 3.10. The summed E-state index contributed by atoms with van der Waals surface area (Å²) < 4.78 is 2.59. The predicted molar refractivity (Wildman–Crippen MR) is 104 cm³/mol. The second kappa shape index (κ2) is 6.31. The zero-order valence-electron chi connectivity index (χ0n) is 14.3. The van der Waals surface area contributed by atoms with Crippen molar-refractivity contribution in [3.63, 3.8) is 0 Å². The third kappa shape index (κ3) is 2.73. The summed E-state index contributed by atoms with van der Waals surface area (Å²) in [6.45, 7) is 1.28. The van der Waals surface area contributed by atoms with E-state index in [1.807, 2.05) is 41.3 Å². The highest BCUT2D eigenvalue weighted by atomic mass is 79.9. The summed E-state index contributed by atoms with van der Waals surface area (Å²) in [6, 6.07) is 13.5. The van der Waals surface area contributed by atoms with Crippen molar-refractivity contribution in [1.82, 2.24) is 30.1 Å². The number of halogens is 1. The van der Waals surface area contributed by atoms with E-state index in [9.17, 15) is 4.79 Å². The number of tetrazole rings is 1. The minimum absolute atomic E-state index is 0.0138. The van der Waals surface area contributed by atoms with Crippen LogP contribution in [0.5, 0.6) is 0 Å². The summed E-state index contributed by atoms with van der Waals surface area (Å²) in [5, 5.41) is 12.3. The maximum absolute atomic E-state index is 13.1. The number of H-pyrrole nitrogens is 1. The summed E-state index contributed by atoms with van der Waals surface area (Å²) in [6.07, 6.45) is 2.33. The number of benzene rings is 2. The van der Waals surface area contributed by atoms with Gasteiger partial charge in [-0.25, -0.2) is 4.68 Å². The van der Waals surface area contributed by atoms with Crippen LogP contribution in [0.15, 0.2) is 53.3 Å². The van der Waals surface area contributed by atoms with Crippen LogP contribution in [-0.2, 0) is 13.0 Å². The van der Waals surface area contributed by atoms with E-state index in [-0.39, 0.29) is 5.91 Å². The van der Waals surface area contributed by atoms with Gasteiger partial charge in [-0.2, -0.15) is 0 Å². The monoisotopic (exact) mass is 422 g/mol. The zero-order valence-corrected chi connectivity index (χ0v) is 15.8. The quantitative estimate of drug-likeness (QED) is 0.538. The highest BCUT2D eigenvalue weighted by Crippen LogP contribution is 2.32. The van der Waals surface area contributed by atoms with E-state index < -0.39 is 0 Å². The average molecular weight is 423 g/mol. The molecular formula is C19H15BrN6O. The molecule has 7 nitrogen and oxygen atoms in total. The van der Waals surface area contributed by atoms with Crippen molar-refractivity contribution in [3.05, 3.63) is 70.1 Å². The van der Waals surface area contributed by atoms with Gasteiger partial charge in [-0.1, -0.05) is 18.2 Å². The first-order valence-electron chi connectivity index (χ1n) is 8.61. The van der Waals surface area contributed by atoms with E-state index in [4.69, 9.17) is 0 Å². The highest BCUT2D eigenvalue weighted by molar-refractivity contribution is 9.10. The van der Waals surface area contributed by atoms with Gasteiger partial charge in [-0.05, 0) is 50.6 Å². The molecule has 0 unspecified atom stereocenters. The maximum atomic E-state index is 13.1. The standard InChI is InChI=1S/C19H15BrN6O/c20-16-6-2-5-14-15-10-25(8-7-17(15)22-18(14)16)19(27)12-3-1-4-13(9-12)26-11-21-23-24-26/h1-6,9,11,22H,7-8,10H2. The van der Waals surface area contributed by atoms with Gasteiger partial charge in [0.2, 0.25) is 0 Å². The van der Waals surface area contributed by atoms with Crippen LogP contribution < -0.4 is 0 Å². The summed E-state index contributed by atoms with van der Waals surface area (Å²) in [5.74, 6) is 0.0138. The van der Waals surface area contributed by atoms with E-state index in [2.05, 4.69) is 42.5 Å². The topological polar surface area (TPSA) is 79.7 Å². The van der Waals surface area contributed by atoms with Gasteiger partial charge >= 0.3 is 0 Å². The molecule has 1 N–H and O–H groups in total. The van der Waals surface area contributed by atoms with E-state index >= 15 is 0 Å². The molecule has 4 aromatic rings. The van der Waals surface area contributed by atoms with Gasteiger partial charge in [-0.3, -0.25) is 4.79 Å². The lowest BCUT2D eigenvalue weighted by Crippen LogP contribution is -2.35. The molecule has 1 aliphatic heterocycles. The Balaban J connectivity index is 1.47. The molecule has 134 valence electrons. The van der Waals surface area contributed by atoms with Crippen molar-refractivity contribution in [3.8, 4) is 5.69 Å². The molecule has 0 spiro atoms. The number of aromatic amines is 1. The Morgan fingerprint density at radius 1 is 1.19 bits per heavy atom. The molecule has 8 heteroatoms. The fourth-order valence-corrected chi connectivity index (χ4v) is 4.08. The van der Waals surface area contributed by atoms with Crippen LogP contribution in [-0.4, -0.2) is 42.5 Å². The Bertz CT molecular complexity index is 1150. The molecule has 2 aromatic carbocycles. The van der Waals surface area contributed by atoms with Crippen LogP contribution in [0.2, 0.25) is 0 Å². The third-order valence-electron chi connectivity index (χ3n) is 4.95. The molecule has 3 heterocycles. The van der Waals surface area contributed by atoms with E-state index in [1.54, 1.807) is 4.68 Å². The van der Waals surface area contributed by atoms with Crippen molar-refractivity contribution in [2.24, 2.45) is 0 Å². The molecule has 1 amide bonds. The summed E-state index contributed by atoms with van der Waals surface area (Å²) in [7, 11) is 0. The van der Waals surface area contributed by atoms with E-state index in [0.29, 0.717) is 18.7 Å². The normalized spacial score (nSPS) is 13.7. The molecule has 0 bridgehead atoms. The van der Waals surface area contributed by atoms with Gasteiger partial charge in [0, 0.05) is 46.2 Å². The van der Waals surface area contributed by atoms with Crippen molar-refractivity contribution in [2.45, 2.75) is 13.0 Å². The lowest BCUT2D eigenvalue weighted by molar-refractivity contribution is 0.0735. The van der Waals surface area contributed by atoms with Gasteiger partial charge in [0.25, 0.3) is 5.91 Å². The first-order valence-corrected chi connectivity index (χ1v) is 9.40. The van der Waals surface area contributed by atoms with Gasteiger partial charge in [0.05, 0.1) is 11.2 Å². The van der Waals surface area contributed by atoms with Gasteiger partial charge in [0.15, 0.2) is 0 Å². The molecule has 0 saturated heterocycles. The Kier molecular flexibility index (Phi) is 3.78. The van der Waals surface area contributed by atoms with Crippen LogP contribution >= 0.6 is 15.9 Å². The first kappa shape index (κ1) is 16.2. The second-order valence-electron chi connectivity index (χ2n) is 6.53. The fourth-order valence-electron chi connectivity index (χ4n) is 3.62. The molecule has 0 fully saturated rings. The number of hydrogen-bond donors (Lipinski definition) is 1. The largest absolute Gasteiger partial charge is 0.357 e. The van der Waals surface area contributed by atoms with Crippen LogP contribution in [0.4, 0.5) is 0 Å². The van der Waals surface area contributed by atoms with Gasteiger partial charge in [-0.15, -0.1) is 5.10 Å². The van der Waals surface area contributed by atoms with Crippen molar-refractivity contribution in [2.75, 3.05) is 6.54 Å². The summed E-state index contributed by atoms with van der Waals surface area (Å²) in [5.41, 5.74) is 4.90. The molecule has 0 aliphatic carbocycles. The summed E-state index contributed by atoms with van der Waals surface area (Å²) in [4.78, 5) is 18.5. The average Bonchev–Trinajstić information content (AvgIpc) is 3.36. The third-order valence-corrected chi connectivity index (χ3v) is 5.61. The number of carbonyl (C=O) groups is 1. The smallest absolute Gasteiger partial charge is 0.254 e. The van der Waals surface area contributed by atoms with Crippen LogP contribution in [0, 0.1) is 0 Å². The lowest BCUT2D eigenvalue weighted by atomic mass is 10.0. The highest BCUT2D eigenvalue weighted by Gasteiger charge is 2.25. The van der Waals surface area contributed by atoms with Gasteiger partial charge < -0.3 is 9.88 Å². The van der Waals surface area contributed by atoms with Crippen molar-refractivity contribution < 1.29 is 4.79 Å². The minimum Gasteiger partial charge on any atom is -0.357 e. The number of nitrogens with zero attached hydrogens (tertiary/aromatic N) is 5.